The number of thiophene rings is 1. The molecule has 0 radical (unpaired) electrons. The van der Waals surface area contributed by atoms with E-state index in [0.717, 1.165) is 51.4 Å². The Morgan fingerprint density at radius 2 is 2.25 bits per heavy atom. The molecule has 0 aromatic carbocycles. The topological polar surface area (TPSA) is 47.9 Å². The number of carbonyl (C=O) groups is 1. The number of nitrogens with zero attached hydrogens (tertiary/aromatic N) is 3. The van der Waals surface area contributed by atoms with E-state index in [1.807, 2.05) is 18.9 Å². The van der Waals surface area contributed by atoms with Crippen LogP contribution in [0, 0.1) is 0 Å². The first-order chi connectivity index (χ1) is 11.2. The van der Waals surface area contributed by atoms with Crippen molar-refractivity contribution in [1.29, 1.82) is 0 Å². The van der Waals surface area contributed by atoms with E-state index in [9.17, 15) is 4.79 Å². The molecule has 0 aliphatic carbocycles. The Kier molecular flexibility index (Phi) is 9.65. The fraction of sp³-hybridized carbons (Fsp3) is 0.647. The zero-order chi connectivity index (χ0) is 16.7. The molecule has 1 N–H and O–H groups in total. The van der Waals surface area contributed by atoms with Crippen LogP contribution in [0.2, 0.25) is 0 Å². The first-order valence-corrected chi connectivity index (χ1v) is 9.36. The number of fused-ring (bicyclic) bond motifs is 1. The van der Waals surface area contributed by atoms with Crippen molar-refractivity contribution < 1.29 is 4.79 Å². The Hall–Kier alpha value is -0.830. The fourth-order valence-electron chi connectivity index (χ4n) is 2.67. The first kappa shape index (κ1) is 21.2. The molecule has 0 bridgehead atoms. The van der Waals surface area contributed by atoms with Crippen molar-refractivity contribution in [3.63, 3.8) is 0 Å². The number of hydrogen-bond acceptors (Lipinski definition) is 3. The monoisotopic (exact) mass is 464 g/mol. The highest BCUT2D eigenvalue weighted by Crippen LogP contribution is 2.23. The first-order valence-electron chi connectivity index (χ1n) is 8.48. The van der Waals surface area contributed by atoms with Gasteiger partial charge in [-0.1, -0.05) is 13.3 Å². The highest BCUT2D eigenvalue weighted by Gasteiger charge is 2.21. The van der Waals surface area contributed by atoms with E-state index in [1.165, 1.54) is 10.4 Å². The predicted octanol–water partition coefficient (Wildman–Crippen LogP) is 2.95. The zero-order valence-electron chi connectivity index (χ0n) is 14.9. The molecule has 0 saturated carbocycles. The van der Waals surface area contributed by atoms with Crippen molar-refractivity contribution in [2.45, 2.75) is 39.7 Å². The molecule has 1 aromatic heterocycles. The summed E-state index contributed by atoms with van der Waals surface area (Å²) in [5.41, 5.74) is 1.30. The van der Waals surface area contributed by atoms with Crippen LogP contribution in [0.15, 0.2) is 16.4 Å². The summed E-state index contributed by atoms with van der Waals surface area (Å²) in [6.07, 6.45) is 3.25. The fourth-order valence-corrected chi connectivity index (χ4v) is 3.56. The van der Waals surface area contributed by atoms with Crippen molar-refractivity contribution in [2.75, 3.05) is 33.2 Å². The Morgan fingerprint density at radius 3 is 2.96 bits per heavy atom. The summed E-state index contributed by atoms with van der Waals surface area (Å²) in [6.45, 7) is 7.76. The van der Waals surface area contributed by atoms with E-state index >= 15 is 0 Å². The van der Waals surface area contributed by atoms with E-state index in [-0.39, 0.29) is 36.4 Å². The number of carbonyl (C=O) groups excluding carboxylic acids is 1. The van der Waals surface area contributed by atoms with Gasteiger partial charge in [0.2, 0.25) is 5.91 Å². The minimum Gasteiger partial charge on any atom is -0.357 e. The van der Waals surface area contributed by atoms with E-state index in [2.05, 4.69) is 33.6 Å². The van der Waals surface area contributed by atoms with Gasteiger partial charge >= 0.3 is 0 Å². The largest absolute Gasteiger partial charge is 0.357 e. The summed E-state index contributed by atoms with van der Waals surface area (Å²) in [5, 5.41) is 5.38. The average molecular weight is 464 g/mol. The van der Waals surface area contributed by atoms with E-state index in [0.29, 0.717) is 0 Å². The number of amides is 1. The third-order valence-corrected chi connectivity index (χ3v) is 5.09. The van der Waals surface area contributed by atoms with Gasteiger partial charge in [-0.3, -0.25) is 4.79 Å². The smallest absolute Gasteiger partial charge is 0.244 e. The zero-order valence-corrected chi connectivity index (χ0v) is 18.0. The second kappa shape index (κ2) is 10.9. The maximum absolute atomic E-state index is 12.5. The second-order valence-electron chi connectivity index (χ2n) is 5.88. The standard InChI is InChI=1S/C17H28N4OS.HI/c1-4-6-9-20(3)17(18-5-2)19-12-16(22)21-10-7-15-14(13-21)8-11-23-15;/h8,11H,4-7,9-10,12-13H2,1-3H3,(H,18,19);1H. The molecule has 1 aliphatic heterocycles. The highest BCUT2D eigenvalue weighted by molar-refractivity contribution is 14.0. The number of unbranched alkanes of at least 4 members (excludes halogenated alkanes) is 1. The molecule has 1 amide bonds. The minimum absolute atomic E-state index is 0. The maximum Gasteiger partial charge on any atom is 0.244 e. The van der Waals surface area contributed by atoms with Gasteiger partial charge < -0.3 is 15.1 Å². The van der Waals surface area contributed by atoms with Crippen LogP contribution in [0.1, 0.15) is 37.1 Å². The van der Waals surface area contributed by atoms with Crippen LogP contribution in [0.5, 0.6) is 0 Å². The predicted molar refractivity (Wildman–Crippen MR) is 112 cm³/mol. The Balaban J connectivity index is 0.00000288. The Morgan fingerprint density at radius 1 is 1.46 bits per heavy atom. The van der Waals surface area contributed by atoms with Gasteiger partial charge in [0.25, 0.3) is 0 Å². The Labute approximate surface area is 166 Å². The van der Waals surface area contributed by atoms with Crippen molar-refractivity contribution in [3.05, 3.63) is 21.9 Å². The maximum atomic E-state index is 12.5. The molecular formula is C17H29IN4OS. The van der Waals surface area contributed by atoms with Gasteiger partial charge in [-0.15, -0.1) is 35.3 Å². The quantitative estimate of drug-likeness (QED) is 0.400. The Bertz CT molecular complexity index is 546. The summed E-state index contributed by atoms with van der Waals surface area (Å²) >= 11 is 1.79. The van der Waals surface area contributed by atoms with Gasteiger partial charge in [-0.2, -0.15) is 0 Å². The van der Waals surface area contributed by atoms with Crippen LogP contribution in [-0.4, -0.2) is 54.9 Å². The molecule has 136 valence electrons. The van der Waals surface area contributed by atoms with Crippen molar-refractivity contribution in [1.82, 2.24) is 15.1 Å². The number of hydrogen-bond donors (Lipinski definition) is 1. The van der Waals surface area contributed by atoms with Crippen LogP contribution in [0.25, 0.3) is 0 Å². The van der Waals surface area contributed by atoms with Gasteiger partial charge in [0.05, 0.1) is 0 Å². The number of guanidine groups is 1. The van der Waals surface area contributed by atoms with E-state index in [1.54, 1.807) is 11.3 Å². The molecule has 1 aliphatic rings. The van der Waals surface area contributed by atoms with Crippen LogP contribution >= 0.6 is 35.3 Å². The van der Waals surface area contributed by atoms with Crippen LogP contribution < -0.4 is 5.32 Å². The number of halogens is 1. The highest BCUT2D eigenvalue weighted by atomic mass is 127. The van der Waals surface area contributed by atoms with Gasteiger partial charge in [-0.05, 0) is 36.8 Å². The molecule has 1 aromatic rings. The summed E-state index contributed by atoms with van der Waals surface area (Å²) < 4.78 is 0. The van der Waals surface area contributed by atoms with Crippen molar-refractivity contribution >= 4 is 47.2 Å². The van der Waals surface area contributed by atoms with Gasteiger partial charge in [0, 0.05) is 38.1 Å². The number of aliphatic imine (C=N–C) groups is 1. The number of nitrogens with one attached hydrogen (secondary N) is 1. The summed E-state index contributed by atoms with van der Waals surface area (Å²) in [5.74, 6) is 0.934. The molecule has 5 nitrogen and oxygen atoms in total. The minimum atomic E-state index is 0. The van der Waals surface area contributed by atoms with Crippen LogP contribution in [0.4, 0.5) is 0 Å². The molecule has 2 rings (SSSR count). The normalized spacial score (nSPS) is 14.0. The van der Waals surface area contributed by atoms with Crippen LogP contribution in [-0.2, 0) is 17.8 Å². The molecule has 2 heterocycles. The van der Waals surface area contributed by atoms with Crippen LogP contribution in [0.3, 0.4) is 0 Å². The van der Waals surface area contributed by atoms with Crippen molar-refractivity contribution in [2.24, 2.45) is 4.99 Å². The lowest BCUT2D eigenvalue weighted by Gasteiger charge is -2.27. The molecule has 0 atom stereocenters. The lowest BCUT2D eigenvalue weighted by molar-refractivity contribution is -0.130. The molecule has 0 unspecified atom stereocenters. The lowest BCUT2D eigenvalue weighted by atomic mass is 10.1. The lowest BCUT2D eigenvalue weighted by Crippen LogP contribution is -2.41. The summed E-state index contributed by atoms with van der Waals surface area (Å²) in [4.78, 5) is 22.4. The van der Waals surface area contributed by atoms with Gasteiger partial charge in [0.1, 0.15) is 6.54 Å². The van der Waals surface area contributed by atoms with E-state index in [4.69, 9.17) is 0 Å². The molecule has 0 spiro atoms. The molecule has 0 fully saturated rings. The average Bonchev–Trinajstić information content (AvgIpc) is 3.03. The third-order valence-electron chi connectivity index (χ3n) is 4.07. The third kappa shape index (κ3) is 5.91. The SMILES string of the molecule is CCCCN(C)C(=NCC(=O)N1CCc2sccc2C1)NCC.I. The summed E-state index contributed by atoms with van der Waals surface area (Å²) in [6, 6.07) is 2.13. The van der Waals surface area contributed by atoms with Gasteiger partial charge in [0.15, 0.2) is 5.96 Å². The van der Waals surface area contributed by atoms with E-state index < -0.39 is 0 Å². The molecule has 7 heteroatoms. The number of rotatable bonds is 6. The molecular weight excluding hydrogens is 435 g/mol. The molecule has 0 saturated heterocycles. The summed E-state index contributed by atoms with van der Waals surface area (Å²) in [7, 11) is 2.03. The molecule has 24 heavy (non-hydrogen) atoms. The second-order valence-corrected chi connectivity index (χ2v) is 6.88. The van der Waals surface area contributed by atoms with Gasteiger partial charge in [-0.25, -0.2) is 4.99 Å². The van der Waals surface area contributed by atoms with Crippen molar-refractivity contribution in [3.8, 4) is 0 Å².